The first-order valence-corrected chi connectivity index (χ1v) is 8.32. The molecule has 0 aliphatic rings. The molecule has 0 radical (unpaired) electrons. The highest BCUT2D eigenvalue weighted by molar-refractivity contribution is 7.12. The smallest absolute Gasteiger partial charge is 0.123 e. The van der Waals surface area contributed by atoms with E-state index in [2.05, 4.69) is 58.1 Å². The second kappa shape index (κ2) is 7.10. The van der Waals surface area contributed by atoms with Crippen LogP contribution in [-0.2, 0) is 13.2 Å². The molecular weight excluding hydrogens is 278 g/mol. The van der Waals surface area contributed by atoms with Gasteiger partial charge in [-0.05, 0) is 63.1 Å². The van der Waals surface area contributed by atoms with E-state index in [9.17, 15) is 0 Å². The molecule has 1 N–H and O–H groups in total. The van der Waals surface area contributed by atoms with Crippen LogP contribution in [0.2, 0.25) is 0 Å². The van der Waals surface area contributed by atoms with Crippen LogP contribution in [0, 0.1) is 27.7 Å². The molecule has 0 saturated carbocycles. The molecule has 2 rings (SSSR count). The second-order valence-electron chi connectivity index (χ2n) is 5.57. The van der Waals surface area contributed by atoms with E-state index >= 15 is 0 Å². The van der Waals surface area contributed by atoms with E-state index in [0.717, 1.165) is 18.8 Å². The van der Waals surface area contributed by atoms with E-state index < -0.39 is 0 Å². The highest BCUT2D eigenvalue weighted by Crippen LogP contribution is 2.27. The predicted octanol–water partition coefficient (Wildman–Crippen LogP) is 4.67. The Bertz CT molecular complexity index is 616. The van der Waals surface area contributed by atoms with E-state index in [4.69, 9.17) is 4.74 Å². The third-order valence-corrected chi connectivity index (χ3v) is 4.86. The average Bonchev–Trinajstić information content (AvgIpc) is 2.79. The minimum Gasteiger partial charge on any atom is -0.489 e. The van der Waals surface area contributed by atoms with Gasteiger partial charge in [0.1, 0.15) is 12.4 Å². The molecular formula is C18H25NOS. The third kappa shape index (κ3) is 4.08. The lowest BCUT2D eigenvalue weighted by Crippen LogP contribution is -2.10. The van der Waals surface area contributed by atoms with Crippen LogP contribution in [0.25, 0.3) is 0 Å². The maximum atomic E-state index is 6.07. The predicted molar refractivity (Wildman–Crippen MR) is 91.4 cm³/mol. The Morgan fingerprint density at radius 2 is 1.86 bits per heavy atom. The zero-order valence-corrected chi connectivity index (χ0v) is 14.5. The van der Waals surface area contributed by atoms with Crippen LogP contribution in [0.1, 0.15) is 38.9 Å². The molecule has 0 unspecified atom stereocenters. The maximum absolute atomic E-state index is 6.07. The number of nitrogens with one attached hydrogen (secondary N) is 1. The molecule has 2 aromatic rings. The Morgan fingerprint density at radius 1 is 1.10 bits per heavy atom. The van der Waals surface area contributed by atoms with E-state index in [1.165, 1.54) is 32.0 Å². The number of rotatable bonds is 6. The van der Waals surface area contributed by atoms with Crippen LogP contribution < -0.4 is 10.1 Å². The lowest BCUT2D eigenvalue weighted by Gasteiger charge is -2.12. The molecule has 0 bridgehead atoms. The highest BCUT2D eigenvalue weighted by atomic mass is 32.1. The van der Waals surface area contributed by atoms with Crippen LogP contribution in [0.3, 0.4) is 0 Å². The fourth-order valence-corrected chi connectivity index (χ4v) is 3.39. The van der Waals surface area contributed by atoms with E-state index in [1.54, 1.807) is 0 Å². The monoisotopic (exact) mass is 303 g/mol. The summed E-state index contributed by atoms with van der Waals surface area (Å²) in [5.41, 5.74) is 5.08. The quantitative estimate of drug-likeness (QED) is 0.837. The summed E-state index contributed by atoms with van der Waals surface area (Å²) >= 11 is 1.86. The molecule has 0 saturated heterocycles. The summed E-state index contributed by atoms with van der Waals surface area (Å²) in [6, 6.07) is 6.59. The van der Waals surface area contributed by atoms with Crippen LogP contribution in [0.5, 0.6) is 5.75 Å². The van der Waals surface area contributed by atoms with Crippen molar-refractivity contribution in [2.75, 3.05) is 6.54 Å². The normalized spacial score (nSPS) is 10.9. The minimum absolute atomic E-state index is 0.651. The van der Waals surface area contributed by atoms with Crippen molar-refractivity contribution in [2.24, 2.45) is 0 Å². The summed E-state index contributed by atoms with van der Waals surface area (Å²) in [6.07, 6.45) is 0. The molecule has 114 valence electrons. The van der Waals surface area contributed by atoms with Gasteiger partial charge >= 0.3 is 0 Å². The third-order valence-electron chi connectivity index (χ3n) is 3.77. The van der Waals surface area contributed by atoms with Gasteiger partial charge in [-0.25, -0.2) is 0 Å². The molecule has 2 nitrogen and oxygen atoms in total. The topological polar surface area (TPSA) is 21.3 Å². The van der Waals surface area contributed by atoms with Crippen molar-refractivity contribution in [3.8, 4) is 5.75 Å². The fraction of sp³-hybridized carbons (Fsp3) is 0.444. The summed E-state index contributed by atoms with van der Waals surface area (Å²) in [6.45, 7) is 13.3. The van der Waals surface area contributed by atoms with Crippen LogP contribution >= 0.6 is 11.3 Å². The van der Waals surface area contributed by atoms with Crippen LogP contribution in [0.15, 0.2) is 18.2 Å². The molecule has 1 aromatic carbocycles. The summed E-state index contributed by atoms with van der Waals surface area (Å²) < 4.78 is 6.07. The zero-order chi connectivity index (χ0) is 15.4. The van der Waals surface area contributed by atoms with Gasteiger partial charge in [-0.3, -0.25) is 0 Å². The number of benzene rings is 1. The molecule has 1 aromatic heterocycles. The Morgan fingerprint density at radius 3 is 2.57 bits per heavy atom. The standard InChI is InChI=1S/C18H25NOS/c1-6-19-10-17-9-16(15(5)21-17)11-20-18-8-12(2)7-13(3)14(18)4/h7-9,19H,6,10-11H2,1-5H3. The van der Waals surface area contributed by atoms with Gasteiger partial charge in [0.2, 0.25) is 0 Å². The van der Waals surface area contributed by atoms with Crippen molar-refractivity contribution in [2.45, 2.75) is 47.8 Å². The zero-order valence-electron chi connectivity index (χ0n) is 13.7. The first-order chi connectivity index (χ1) is 10.0. The number of thiophene rings is 1. The van der Waals surface area contributed by atoms with Crippen molar-refractivity contribution < 1.29 is 4.74 Å². The van der Waals surface area contributed by atoms with Crippen molar-refractivity contribution in [1.82, 2.24) is 5.32 Å². The van der Waals surface area contributed by atoms with E-state index in [0.29, 0.717) is 6.61 Å². The highest BCUT2D eigenvalue weighted by Gasteiger charge is 2.08. The van der Waals surface area contributed by atoms with Gasteiger partial charge in [-0.1, -0.05) is 13.0 Å². The molecule has 1 heterocycles. The van der Waals surface area contributed by atoms with Gasteiger partial charge in [0, 0.05) is 21.9 Å². The number of aryl methyl sites for hydroxylation is 3. The average molecular weight is 303 g/mol. The summed E-state index contributed by atoms with van der Waals surface area (Å²) in [4.78, 5) is 2.73. The van der Waals surface area contributed by atoms with Crippen molar-refractivity contribution >= 4 is 11.3 Å². The summed E-state index contributed by atoms with van der Waals surface area (Å²) in [5, 5.41) is 3.37. The molecule has 0 aliphatic carbocycles. The van der Waals surface area contributed by atoms with Crippen molar-refractivity contribution in [1.29, 1.82) is 0 Å². The van der Waals surface area contributed by atoms with Gasteiger partial charge in [-0.2, -0.15) is 0 Å². The lowest BCUT2D eigenvalue weighted by molar-refractivity contribution is 0.303. The van der Waals surface area contributed by atoms with Gasteiger partial charge in [-0.15, -0.1) is 11.3 Å². The summed E-state index contributed by atoms with van der Waals surface area (Å²) in [7, 11) is 0. The Kier molecular flexibility index (Phi) is 5.43. The van der Waals surface area contributed by atoms with Gasteiger partial charge in [0.05, 0.1) is 0 Å². The first kappa shape index (κ1) is 16.1. The molecule has 0 fully saturated rings. The van der Waals surface area contributed by atoms with Crippen LogP contribution in [-0.4, -0.2) is 6.54 Å². The number of ether oxygens (including phenoxy) is 1. The van der Waals surface area contributed by atoms with Crippen molar-refractivity contribution in [3.63, 3.8) is 0 Å². The number of hydrogen-bond donors (Lipinski definition) is 1. The second-order valence-corrected chi connectivity index (χ2v) is 6.91. The van der Waals surface area contributed by atoms with Gasteiger partial charge in [0.15, 0.2) is 0 Å². The molecule has 21 heavy (non-hydrogen) atoms. The Hall–Kier alpha value is -1.32. The first-order valence-electron chi connectivity index (χ1n) is 7.50. The molecule has 0 atom stereocenters. The SMILES string of the molecule is CCNCc1cc(COc2cc(C)cc(C)c2C)c(C)s1. The van der Waals surface area contributed by atoms with Crippen molar-refractivity contribution in [3.05, 3.63) is 50.2 Å². The maximum Gasteiger partial charge on any atom is 0.123 e. The van der Waals surface area contributed by atoms with Gasteiger partial charge in [0.25, 0.3) is 0 Å². The molecule has 0 aliphatic heterocycles. The summed E-state index contributed by atoms with van der Waals surface area (Å²) in [5.74, 6) is 1.01. The largest absolute Gasteiger partial charge is 0.489 e. The Balaban J connectivity index is 2.08. The van der Waals surface area contributed by atoms with E-state index in [1.807, 2.05) is 11.3 Å². The van der Waals surface area contributed by atoms with Gasteiger partial charge < -0.3 is 10.1 Å². The lowest BCUT2D eigenvalue weighted by atomic mass is 10.1. The van der Waals surface area contributed by atoms with E-state index in [-0.39, 0.29) is 0 Å². The minimum atomic E-state index is 0.651. The fourth-order valence-electron chi connectivity index (χ4n) is 2.37. The molecule has 0 spiro atoms. The van der Waals surface area contributed by atoms with Crippen LogP contribution in [0.4, 0.5) is 0 Å². The molecule has 3 heteroatoms. The number of hydrogen-bond acceptors (Lipinski definition) is 3. The Labute approximate surface area is 132 Å². The molecule has 0 amide bonds.